The topological polar surface area (TPSA) is 92.2 Å². The zero-order valence-electron chi connectivity index (χ0n) is 11.4. The Labute approximate surface area is 116 Å². The number of carboxylic acid groups (broad SMARTS) is 1. The van der Waals surface area contributed by atoms with E-state index in [9.17, 15) is 9.59 Å². The van der Waals surface area contributed by atoms with E-state index in [1.165, 1.54) is 0 Å². The number of carbonyl (C=O) groups excluding carboxylic acids is 1. The van der Waals surface area contributed by atoms with Gasteiger partial charge >= 0.3 is 5.97 Å². The molecule has 0 atom stereocenters. The summed E-state index contributed by atoms with van der Waals surface area (Å²) in [6.45, 7) is 7.04. The van der Waals surface area contributed by atoms with Crippen molar-refractivity contribution < 1.29 is 14.7 Å². The van der Waals surface area contributed by atoms with Gasteiger partial charge in [0, 0.05) is 6.04 Å². The molecule has 1 rings (SSSR count). The van der Waals surface area contributed by atoms with Crippen LogP contribution in [-0.4, -0.2) is 38.7 Å². The van der Waals surface area contributed by atoms with Crippen LogP contribution in [0.4, 0.5) is 0 Å². The maximum Gasteiger partial charge on any atom is 0.340 e. The number of nitrogens with zero attached hydrogens (tertiary/aromatic N) is 2. The first-order valence-corrected chi connectivity index (χ1v) is 6.80. The molecule has 0 bridgehead atoms. The number of aromatic nitrogens is 2. The molecular weight excluding hydrogens is 266 g/mol. The van der Waals surface area contributed by atoms with Crippen LogP contribution in [-0.2, 0) is 4.79 Å². The van der Waals surface area contributed by atoms with Crippen LogP contribution in [0.3, 0.4) is 0 Å². The summed E-state index contributed by atoms with van der Waals surface area (Å²) in [5.74, 6) is -0.599. The highest BCUT2D eigenvalue weighted by Crippen LogP contribution is 2.22. The molecule has 7 heteroatoms. The molecule has 0 aliphatic rings. The Hall–Kier alpha value is -1.63. The number of aromatic carboxylic acids is 1. The standard InChI is InChI=1S/C12H17N3O3S/c1-6(2)13-9(16)5-19-11-10(12(17)18)7(3)14-8(4)15-11/h6H,5H2,1-4H3,(H,13,16)(H,17,18). The molecule has 0 aliphatic carbocycles. The Morgan fingerprint density at radius 2 is 1.95 bits per heavy atom. The summed E-state index contributed by atoms with van der Waals surface area (Å²) in [5.41, 5.74) is 0.472. The van der Waals surface area contributed by atoms with E-state index in [4.69, 9.17) is 5.11 Å². The van der Waals surface area contributed by atoms with Gasteiger partial charge < -0.3 is 10.4 Å². The smallest absolute Gasteiger partial charge is 0.340 e. The first kappa shape index (κ1) is 15.4. The van der Waals surface area contributed by atoms with Gasteiger partial charge in [-0.2, -0.15) is 0 Å². The quantitative estimate of drug-likeness (QED) is 0.627. The molecule has 1 amide bonds. The fourth-order valence-corrected chi connectivity index (χ4v) is 2.46. The molecule has 0 aromatic carbocycles. The lowest BCUT2D eigenvalue weighted by Gasteiger charge is -2.10. The summed E-state index contributed by atoms with van der Waals surface area (Å²) in [5, 5.41) is 12.2. The zero-order valence-corrected chi connectivity index (χ0v) is 12.2. The predicted molar refractivity (Wildman–Crippen MR) is 72.5 cm³/mol. The van der Waals surface area contributed by atoms with Crippen LogP contribution < -0.4 is 5.32 Å². The highest BCUT2D eigenvalue weighted by atomic mass is 32.2. The number of thioether (sulfide) groups is 1. The molecular formula is C12H17N3O3S. The number of carbonyl (C=O) groups is 2. The van der Waals surface area contributed by atoms with Gasteiger partial charge in [-0.25, -0.2) is 14.8 Å². The molecule has 104 valence electrons. The van der Waals surface area contributed by atoms with E-state index in [-0.39, 0.29) is 23.3 Å². The van der Waals surface area contributed by atoms with Gasteiger partial charge in [-0.05, 0) is 27.7 Å². The number of hydrogen-bond donors (Lipinski definition) is 2. The van der Waals surface area contributed by atoms with E-state index in [0.29, 0.717) is 16.5 Å². The molecule has 0 aliphatic heterocycles. The fraction of sp³-hybridized carbons (Fsp3) is 0.500. The number of carboxylic acids is 1. The average Bonchev–Trinajstić information content (AvgIpc) is 2.23. The highest BCUT2D eigenvalue weighted by molar-refractivity contribution is 8.00. The minimum atomic E-state index is -1.08. The molecule has 0 radical (unpaired) electrons. The third kappa shape index (κ3) is 4.51. The average molecular weight is 283 g/mol. The second-order valence-corrected chi connectivity index (χ2v) is 5.32. The predicted octanol–water partition coefficient (Wildman–Crippen LogP) is 1.41. The van der Waals surface area contributed by atoms with Gasteiger partial charge in [0.2, 0.25) is 5.91 Å². The summed E-state index contributed by atoms with van der Waals surface area (Å²) in [6, 6.07) is 0.0564. The van der Waals surface area contributed by atoms with Gasteiger partial charge in [0.15, 0.2) is 0 Å². The van der Waals surface area contributed by atoms with Crippen molar-refractivity contribution >= 4 is 23.6 Å². The van der Waals surface area contributed by atoms with Crippen molar-refractivity contribution in [1.29, 1.82) is 0 Å². The van der Waals surface area contributed by atoms with Crippen molar-refractivity contribution in [1.82, 2.24) is 15.3 Å². The van der Waals surface area contributed by atoms with Gasteiger partial charge in [-0.3, -0.25) is 4.79 Å². The first-order chi connectivity index (χ1) is 8.81. The lowest BCUT2D eigenvalue weighted by molar-refractivity contribution is -0.119. The highest BCUT2D eigenvalue weighted by Gasteiger charge is 2.18. The molecule has 0 spiro atoms. The van der Waals surface area contributed by atoms with Crippen molar-refractivity contribution in [2.75, 3.05) is 5.75 Å². The van der Waals surface area contributed by atoms with Gasteiger partial charge in [0.05, 0.1) is 11.4 Å². The molecule has 2 N–H and O–H groups in total. The summed E-state index contributed by atoms with van der Waals surface area (Å²) in [6.07, 6.45) is 0. The third-order valence-corrected chi connectivity index (χ3v) is 3.15. The van der Waals surface area contributed by atoms with E-state index in [1.54, 1.807) is 13.8 Å². The Bertz CT molecular complexity index is 503. The zero-order chi connectivity index (χ0) is 14.6. The van der Waals surface area contributed by atoms with Crippen molar-refractivity contribution in [3.63, 3.8) is 0 Å². The Balaban J connectivity index is 2.88. The Morgan fingerprint density at radius 3 is 2.47 bits per heavy atom. The third-order valence-electron chi connectivity index (χ3n) is 2.17. The second kappa shape index (κ2) is 6.51. The summed E-state index contributed by atoms with van der Waals surface area (Å²) >= 11 is 1.11. The molecule has 1 aromatic heterocycles. The second-order valence-electron chi connectivity index (χ2n) is 4.35. The van der Waals surface area contributed by atoms with Crippen molar-refractivity contribution in [2.45, 2.75) is 38.8 Å². The summed E-state index contributed by atoms with van der Waals surface area (Å²) < 4.78 is 0. The van der Waals surface area contributed by atoms with Crippen molar-refractivity contribution in [2.24, 2.45) is 0 Å². The van der Waals surface area contributed by atoms with Crippen LogP contribution in [0.1, 0.15) is 35.7 Å². The fourth-order valence-electron chi connectivity index (χ4n) is 1.53. The molecule has 0 saturated carbocycles. The Morgan fingerprint density at radius 1 is 1.32 bits per heavy atom. The van der Waals surface area contributed by atoms with Crippen LogP contribution in [0.25, 0.3) is 0 Å². The van der Waals surface area contributed by atoms with Gasteiger partial charge in [0.1, 0.15) is 16.4 Å². The molecule has 0 saturated heterocycles. The number of nitrogens with one attached hydrogen (secondary N) is 1. The molecule has 1 heterocycles. The van der Waals surface area contributed by atoms with E-state index in [2.05, 4.69) is 15.3 Å². The summed E-state index contributed by atoms with van der Waals surface area (Å²) in [7, 11) is 0. The number of amides is 1. The number of aryl methyl sites for hydroxylation is 2. The van der Waals surface area contributed by atoms with Crippen LogP contribution >= 0.6 is 11.8 Å². The largest absolute Gasteiger partial charge is 0.478 e. The van der Waals surface area contributed by atoms with Crippen LogP contribution in [0.5, 0.6) is 0 Å². The van der Waals surface area contributed by atoms with E-state index < -0.39 is 5.97 Å². The molecule has 6 nitrogen and oxygen atoms in total. The van der Waals surface area contributed by atoms with Gasteiger partial charge in [0.25, 0.3) is 0 Å². The first-order valence-electron chi connectivity index (χ1n) is 5.82. The van der Waals surface area contributed by atoms with Crippen LogP contribution in [0, 0.1) is 13.8 Å². The molecule has 0 fully saturated rings. The maximum absolute atomic E-state index is 11.6. The van der Waals surface area contributed by atoms with Crippen LogP contribution in [0.15, 0.2) is 5.03 Å². The maximum atomic E-state index is 11.6. The van der Waals surface area contributed by atoms with Gasteiger partial charge in [-0.15, -0.1) is 0 Å². The summed E-state index contributed by atoms with van der Waals surface area (Å²) in [4.78, 5) is 30.9. The Kier molecular flexibility index (Phi) is 5.29. The van der Waals surface area contributed by atoms with E-state index >= 15 is 0 Å². The molecule has 0 unspecified atom stereocenters. The van der Waals surface area contributed by atoms with Crippen LogP contribution in [0.2, 0.25) is 0 Å². The monoisotopic (exact) mass is 283 g/mol. The normalized spacial score (nSPS) is 10.6. The minimum absolute atomic E-state index is 0.0564. The van der Waals surface area contributed by atoms with E-state index in [1.807, 2.05) is 13.8 Å². The van der Waals surface area contributed by atoms with Crippen molar-refractivity contribution in [3.8, 4) is 0 Å². The molecule has 1 aromatic rings. The molecule has 19 heavy (non-hydrogen) atoms. The number of rotatable bonds is 5. The lowest BCUT2D eigenvalue weighted by atomic mass is 10.2. The van der Waals surface area contributed by atoms with Gasteiger partial charge in [-0.1, -0.05) is 11.8 Å². The SMILES string of the molecule is Cc1nc(C)c(C(=O)O)c(SCC(=O)NC(C)C)n1. The lowest BCUT2D eigenvalue weighted by Crippen LogP contribution is -2.31. The van der Waals surface area contributed by atoms with Crippen molar-refractivity contribution in [3.05, 3.63) is 17.1 Å². The van der Waals surface area contributed by atoms with E-state index in [0.717, 1.165) is 11.8 Å². The number of hydrogen-bond acceptors (Lipinski definition) is 5. The minimum Gasteiger partial charge on any atom is -0.478 e.